The summed E-state index contributed by atoms with van der Waals surface area (Å²) in [6, 6.07) is 6.79. The van der Waals surface area contributed by atoms with E-state index < -0.39 is 0 Å². The van der Waals surface area contributed by atoms with E-state index in [0.29, 0.717) is 50.3 Å². The largest absolute Gasteiger partial charge is 0.466 e. The van der Waals surface area contributed by atoms with Gasteiger partial charge in [0.25, 0.3) is 5.91 Å². The quantitative estimate of drug-likeness (QED) is 0.671. The van der Waals surface area contributed by atoms with E-state index in [4.69, 9.17) is 4.74 Å². The Balaban J connectivity index is 1.62. The van der Waals surface area contributed by atoms with Gasteiger partial charge in [0.1, 0.15) is 11.5 Å². The molecule has 2 aromatic rings. The van der Waals surface area contributed by atoms with Gasteiger partial charge in [0.05, 0.1) is 19.1 Å². The van der Waals surface area contributed by atoms with Crippen LogP contribution in [0, 0.1) is 18.7 Å². The Bertz CT molecular complexity index is 973. The van der Waals surface area contributed by atoms with Gasteiger partial charge in [0.15, 0.2) is 0 Å². The molecule has 5 nitrogen and oxygen atoms in total. The van der Waals surface area contributed by atoms with Gasteiger partial charge >= 0.3 is 5.97 Å². The molecule has 166 valence electrons. The zero-order valence-corrected chi connectivity index (χ0v) is 18.5. The Morgan fingerprint density at radius 3 is 2.55 bits per heavy atom. The molecule has 0 bridgehead atoms. The van der Waals surface area contributed by atoms with Gasteiger partial charge < -0.3 is 14.2 Å². The molecule has 1 aliphatic heterocycles. The first-order chi connectivity index (χ1) is 15.0. The number of hydrogen-bond donors (Lipinski definition) is 0. The number of hydrogen-bond acceptors (Lipinski definition) is 3. The van der Waals surface area contributed by atoms with Crippen LogP contribution in [0.1, 0.15) is 65.5 Å². The van der Waals surface area contributed by atoms with Gasteiger partial charge in [-0.3, -0.25) is 9.59 Å². The fraction of sp³-hybridized carbons (Fsp3) is 0.520. The van der Waals surface area contributed by atoms with Crippen molar-refractivity contribution in [1.29, 1.82) is 0 Å². The maximum Gasteiger partial charge on any atom is 0.309 e. The number of carbonyl (C=O) groups is 2. The minimum atomic E-state index is -0.243. The zero-order chi connectivity index (χ0) is 22.0. The van der Waals surface area contributed by atoms with Gasteiger partial charge in [-0.25, -0.2) is 4.39 Å². The van der Waals surface area contributed by atoms with Crippen molar-refractivity contribution < 1.29 is 18.7 Å². The third-order valence-corrected chi connectivity index (χ3v) is 6.73. The van der Waals surface area contributed by atoms with E-state index in [9.17, 15) is 14.0 Å². The predicted molar refractivity (Wildman–Crippen MR) is 117 cm³/mol. The molecule has 1 aromatic carbocycles. The van der Waals surface area contributed by atoms with E-state index in [-0.39, 0.29) is 23.6 Å². The molecule has 0 atom stereocenters. The molecule has 4 rings (SSSR count). The molecule has 1 aromatic heterocycles. The number of ether oxygens (including phenoxy) is 1. The number of halogens is 1. The first-order valence-corrected chi connectivity index (χ1v) is 11.4. The summed E-state index contributed by atoms with van der Waals surface area (Å²) < 4.78 is 21.6. The standard InChI is InChI=1S/C25H31FN2O3/c1-3-31-25(30)18-12-14-27(15-13-18)24(29)23-17(2)20-9-5-7-11-22(20)28(23)16-19-8-4-6-10-21(19)26/h4,6,8,10,18H,3,5,7,9,11-16H2,1-2H3. The van der Waals surface area contributed by atoms with Gasteiger partial charge in [0.2, 0.25) is 0 Å². The van der Waals surface area contributed by atoms with Crippen molar-refractivity contribution in [2.75, 3.05) is 19.7 Å². The third-order valence-electron chi connectivity index (χ3n) is 6.73. The van der Waals surface area contributed by atoms with Crippen molar-refractivity contribution in [2.24, 2.45) is 5.92 Å². The average molecular weight is 427 g/mol. The summed E-state index contributed by atoms with van der Waals surface area (Å²) in [6.07, 6.45) is 5.34. The number of piperidine rings is 1. The lowest BCUT2D eigenvalue weighted by Gasteiger charge is -2.31. The van der Waals surface area contributed by atoms with Gasteiger partial charge in [-0.05, 0) is 69.6 Å². The third kappa shape index (κ3) is 4.25. The molecular formula is C25H31FN2O3. The summed E-state index contributed by atoms with van der Waals surface area (Å²) in [4.78, 5) is 27.5. The lowest BCUT2D eigenvalue weighted by Crippen LogP contribution is -2.41. The molecule has 0 spiro atoms. The second kappa shape index (κ2) is 9.25. The van der Waals surface area contributed by atoms with Crippen molar-refractivity contribution >= 4 is 11.9 Å². The zero-order valence-electron chi connectivity index (χ0n) is 18.5. The summed E-state index contributed by atoms with van der Waals surface area (Å²) in [5.41, 5.74) is 4.75. The topological polar surface area (TPSA) is 51.5 Å². The van der Waals surface area contributed by atoms with Crippen LogP contribution in [-0.4, -0.2) is 41.0 Å². The summed E-state index contributed by atoms with van der Waals surface area (Å²) in [5.74, 6) is -0.551. The number of benzene rings is 1. The highest BCUT2D eigenvalue weighted by atomic mass is 19.1. The summed E-state index contributed by atoms with van der Waals surface area (Å²) in [6.45, 7) is 5.66. The van der Waals surface area contributed by atoms with Crippen LogP contribution in [-0.2, 0) is 28.9 Å². The molecule has 0 saturated carbocycles. The number of rotatable bonds is 5. The molecule has 1 aliphatic carbocycles. The first kappa shape index (κ1) is 21.6. The van der Waals surface area contributed by atoms with Crippen LogP contribution in [0.25, 0.3) is 0 Å². The molecule has 31 heavy (non-hydrogen) atoms. The highest BCUT2D eigenvalue weighted by molar-refractivity contribution is 5.95. The Hall–Kier alpha value is -2.63. The van der Waals surface area contributed by atoms with Crippen molar-refractivity contribution in [3.05, 3.63) is 58.2 Å². The SMILES string of the molecule is CCOC(=O)C1CCN(C(=O)c2c(C)c3c(n2Cc2ccccc2F)CCCC3)CC1. The molecule has 6 heteroatoms. The Kier molecular flexibility index (Phi) is 6.44. The number of fused-ring (bicyclic) bond motifs is 1. The van der Waals surface area contributed by atoms with Crippen LogP contribution in [0.4, 0.5) is 4.39 Å². The van der Waals surface area contributed by atoms with E-state index in [1.54, 1.807) is 12.1 Å². The molecule has 0 unspecified atom stereocenters. The maximum atomic E-state index is 14.4. The molecule has 1 saturated heterocycles. The number of aromatic nitrogens is 1. The van der Waals surface area contributed by atoms with E-state index in [1.165, 1.54) is 17.3 Å². The molecule has 1 fully saturated rings. The second-order valence-electron chi connectivity index (χ2n) is 8.60. The highest BCUT2D eigenvalue weighted by Crippen LogP contribution is 2.32. The van der Waals surface area contributed by atoms with Crippen molar-refractivity contribution in [1.82, 2.24) is 9.47 Å². The van der Waals surface area contributed by atoms with Gasteiger partial charge in [-0.1, -0.05) is 18.2 Å². The molecule has 1 amide bonds. The van der Waals surface area contributed by atoms with Crippen LogP contribution in [0.15, 0.2) is 24.3 Å². The summed E-state index contributed by atoms with van der Waals surface area (Å²) >= 11 is 0. The normalized spacial score (nSPS) is 16.8. The summed E-state index contributed by atoms with van der Waals surface area (Å²) in [7, 11) is 0. The fourth-order valence-corrected chi connectivity index (χ4v) is 5.05. The Labute approximate surface area is 183 Å². The van der Waals surface area contributed by atoms with Gasteiger partial charge in [0, 0.05) is 24.3 Å². The van der Waals surface area contributed by atoms with E-state index >= 15 is 0 Å². The van der Waals surface area contributed by atoms with Crippen LogP contribution in [0.5, 0.6) is 0 Å². The number of amides is 1. The lowest BCUT2D eigenvalue weighted by atomic mass is 9.94. The molecule has 2 aliphatic rings. The minimum Gasteiger partial charge on any atom is -0.466 e. The van der Waals surface area contributed by atoms with Crippen LogP contribution < -0.4 is 0 Å². The Morgan fingerprint density at radius 1 is 1.13 bits per heavy atom. The van der Waals surface area contributed by atoms with Gasteiger partial charge in [-0.15, -0.1) is 0 Å². The lowest BCUT2D eigenvalue weighted by molar-refractivity contribution is -0.149. The minimum absolute atomic E-state index is 0.00875. The fourth-order valence-electron chi connectivity index (χ4n) is 5.05. The first-order valence-electron chi connectivity index (χ1n) is 11.4. The predicted octanol–water partition coefficient (Wildman–Crippen LogP) is 4.28. The number of esters is 1. The Morgan fingerprint density at radius 2 is 1.84 bits per heavy atom. The maximum absolute atomic E-state index is 14.4. The van der Waals surface area contributed by atoms with E-state index in [0.717, 1.165) is 31.2 Å². The van der Waals surface area contributed by atoms with E-state index in [2.05, 4.69) is 4.57 Å². The molecule has 0 N–H and O–H groups in total. The van der Waals surface area contributed by atoms with Crippen LogP contribution >= 0.6 is 0 Å². The number of nitrogens with zero attached hydrogens (tertiary/aromatic N) is 2. The van der Waals surface area contributed by atoms with Crippen molar-refractivity contribution in [2.45, 2.75) is 58.9 Å². The van der Waals surface area contributed by atoms with Crippen LogP contribution in [0.2, 0.25) is 0 Å². The van der Waals surface area contributed by atoms with Gasteiger partial charge in [-0.2, -0.15) is 0 Å². The molecular weight excluding hydrogens is 395 g/mol. The van der Waals surface area contributed by atoms with E-state index in [1.807, 2.05) is 24.8 Å². The van der Waals surface area contributed by atoms with Crippen molar-refractivity contribution in [3.8, 4) is 0 Å². The smallest absolute Gasteiger partial charge is 0.309 e. The highest BCUT2D eigenvalue weighted by Gasteiger charge is 2.33. The summed E-state index contributed by atoms with van der Waals surface area (Å²) in [5, 5.41) is 0. The number of likely N-dealkylation sites (tertiary alicyclic amines) is 1. The monoisotopic (exact) mass is 426 g/mol. The number of carbonyl (C=O) groups excluding carboxylic acids is 2. The molecule has 2 heterocycles. The average Bonchev–Trinajstić information content (AvgIpc) is 3.07. The molecule has 0 radical (unpaired) electrons. The second-order valence-corrected chi connectivity index (χ2v) is 8.60. The van der Waals surface area contributed by atoms with Crippen molar-refractivity contribution in [3.63, 3.8) is 0 Å². The van der Waals surface area contributed by atoms with Crippen LogP contribution in [0.3, 0.4) is 0 Å².